The summed E-state index contributed by atoms with van der Waals surface area (Å²) in [5.41, 5.74) is 1.22. The van der Waals surface area contributed by atoms with Crippen LogP contribution in [-0.2, 0) is 28.9 Å². The van der Waals surface area contributed by atoms with Crippen LogP contribution in [0, 0.1) is 0 Å². The van der Waals surface area contributed by atoms with Crippen LogP contribution in [0.1, 0.15) is 29.7 Å². The molecule has 1 atom stereocenters. The third-order valence-corrected chi connectivity index (χ3v) is 6.97. The molecule has 0 unspecified atom stereocenters. The van der Waals surface area contributed by atoms with Gasteiger partial charge in [0.2, 0.25) is 5.91 Å². The topological polar surface area (TPSA) is 73.2 Å². The monoisotopic (exact) mass is 379 g/mol. The largest absolute Gasteiger partial charge is 0.376 e. The fraction of sp³-hybridized carbons (Fsp3) is 0.588. The van der Waals surface area contributed by atoms with Gasteiger partial charge in [-0.3, -0.25) is 14.2 Å². The first kappa shape index (κ1) is 17.1. The molecule has 2 aromatic rings. The molecule has 0 saturated carbocycles. The molecule has 0 aromatic carbocycles. The number of rotatable bonds is 5. The second-order valence-corrected chi connectivity index (χ2v) is 8.47. The van der Waals surface area contributed by atoms with Gasteiger partial charge in [-0.2, -0.15) is 0 Å². The number of ether oxygens (including phenoxy) is 1. The van der Waals surface area contributed by atoms with Crippen molar-refractivity contribution in [2.75, 3.05) is 19.4 Å². The summed E-state index contributed by atoms with van der Waals surface area (Å²) in [4.78, 5) is 31.7. The zero-order chi connectivity index (χ0) is 17.4. The molecule has 2 aliphatic rings. The van der Waals surface area contributed by atoms with E-state index in [1.54, 1.807) is 23.0 Å². The Morgan fingerprint density at radius 3 is 3.08 bits per heavy atom. The van der Waals surface area contributed by atoms with Gasteiger partial charge in [0.25, 0.3) is 5.56 Å². The number of carbonyl (C=O) groups is 1. The van der Waals surface area contributed by atoms with Gasteiger partial charge in [0.1, 0.15) is 4.83 Å². The lowest BCUT2D eigenvalue weighted by Crippen LogP contribution is -2.29. The zero-order valence-corrected chi connectivity index (χ0v) is 15.8. The van der Waals surface area contributed by atoms with Gasteiger partial charge >= 0.3 is 0 Å². The standard InChI is InChI=1S/C17H21N3O3S2/c1-18-13(21)9-24-17-19-15-14(11-5-2-6-12(11)25-15)16(22)20(17)8-10-4-3-7-23-10/h10H,2-9H2,1H3,(H,18,21)/t10-/m1/s1. The second-order valence-electron chi connectivity index (χ2n) is 6.44. The fourth-order valence-corrected chi connectivity index (χ4v) is 5.71. The smallest absolute Gasteiger partial charge is 0.263 e. The molecule has 0 radical (unpaired) electrons. The number of nitrogens with one attached hydrogen (secondary N) is 1. The number of aryl methyl sites for hydroxylation is 2. The van der Waals surface area contributed by atoms with Crippen molar-refractivity contribution < 1.29 is 9.53 Å². The summed E-state index contributed by atoms with van der Waals surface area (Å²) in [5, 5.41) is 4.03. The Balaban J connectivity index is 1.77. The summed E-state index contributed by atoms with van der Waals surface area (Å²) in [6, 6.07) is 0. The van der Waals surface area contributed by atoms with Crippen molar-refractivity contribution in [3.05, 3.63) is 20.8 Å². The average Bonchev–Trinajstić information content (AvgIpc) is 3.32. The average molecular weight is 380 g/mol. The lowest BCUT2D eigenvalue weighted by atomic mass is 10.2. The fourth-order valence-electron chi connectivity index (χ4n) is 3.52. The molecule has 1 fully saturated rings. The van der Waals surface area contributed by atoms with Crippen LogP contribution in [0.2, 0.25) is 0 Å². The van der Waals surface area contributed by atoms with Gasteiger partial charge in [0.15, 0.2) is 5.16 Å². The highest BCUT2D eigenvalue weighted by molar-refractivity contribution is 7.99. The van der Waals surface area contributed by atoms with E-state index in [1.165, 1.54) is 22.2 Å². The first-order chi connectivity index (χ1) is 12.2. The number of nitrogens with zero attached hydrogens (tertiary/aromatic N) is 2. The molecule has 4 rings (SSSR count). The molecule has 0 bridgehead atoms. The lowest BCUT2D eigenvalue weighted by Gasteiger charge is -2.15. The van der Waals surface area contributed by atoms with Gasteiger partial charge in [-0.05, 0) is 37.7 Å². The lowest BCUT2D eigenvalue weighted by molar-refractivity contribution is -0.118. The minimum absolute atomic E-state index is 0.0271. The van der Waals surface area contributed by atoms with Gasteiger partial charge in [-0.15, -0.1) is 11.3 Å². The summed E-state index contributed by atoms with van der Waals surface area (Å²) < 4.78 is 7.46. The highest BCUT2D eigenvalue weighted by Crippen LogP contribution is 2.35. The Bertz CT molecular complexity index is 868. The van der Waals surface area contributed by atoms with Crippen LogP contribution in [0.3, 0.4) is 0 Å². The van der Waals surface area contributed by atoms with Crippen LogP contribution in [0.5, 0.6) is 0 Å². The normalized spacial score (nSPS) is 19.5. The number of hydrogen-bond acceptors (Lipinski definition) is 6. The van der Waals surface area contributed by atoms with Crippen molar-refractivity contribution in [1.29, 1.82) is 0 Å². The number of fused-ring (bicyclic) bond motifs is 3. The van der Waals surface area contributed by atoms with Crippen molar-refractivity contribution >= 4 is 39.2 Å². The van der Waals surface area contributed by atoms with E-state index >= 15 is 0 Å². The van der Waals surface area contributed by atoms with Gasteiger partial charge in [0, 0.05) is 18.5 Å². The Labute approximate surface area is 154 Å². The Hall–Kier alpha value is -1.38. The first-order valence-electron chi connectivity index (χ1n) is 8.67. The molecule has 8 heteroatoms. The van der Waals surface area contributed by atoms with Crippen LogP contribution in [0.25, 0.3) is 10.2 Å². The SMILES string of the molecule is CNC(=O)CSc1nc2sc3c(c2c(=O)n1C[C@H]1CCCO1)CCC3. The number of hydrogen-bond donors (Lipinski definition) is 1. The number of carbonyl (C=O) groups excluding carboxylic acids is 1. The number of amides is 1. The Kier molecular flexibility index (Phi) is 4.84. The summed E-state index contributed by atoms with van der Waals surface area (Å²) in [6.07, 6.45) is 5.19. The highest BCUT2D eigenvalue weighted by Gasteiger charge is 2.25. The molecule has 3 heterocycles. The number of thiophene rings is 1. The van der Waals surface area contributed by atoms with E-state index in [2.05, 4.69) is 5.32 Å². The molecule has 1 saturated heterocycles. The molecular formula is C17H21N3O3S2. The Morgan fingerprint density at radius 2 is 2.32 bits per heavy atom. The van der Waals surface area contributed by atoms with Crippen LogP contribution in [-0.4, -0.2) is 41.0 Å². The van der Waals surface area contributed by atoms with Crippen molar-refractivity contribution in [2.24, 2.45) is 0 Å². The van der Waals surface area contributed by atoms with E-state index in [0.717, 1.165) is 48.9 Å². The van der Waals surface area contributed by atoms with E-state index in [-0.39, 0.29) is 23.3 Å². The second kappa shape index (κ2) is 7.09. The van der Waals surface area contributed by atoms with E-state index in [9.17, 15) is 9.59 Å². The van der Waals surface area contributed by atoms with Crippen LogP contribution in [0.15, 0.2) is 9.95 Å². The van der Waals surface area contributed by atoms with Crippen molar-refractivity contribution in [3.63, 3.8) is 0 Å². The predicted octanol–water partition coefficient (Wildman–Crippen LogP) is 1.96. The van der Waals surface area contributed by atoms with E-state index in [4.69, 9.17) is 9.72 Å². The number of aromatic nitrogens is 2. The van der Waals surface area contributed by atoms with E-state index in [0.29, 0.717) is 11.7 Å². The maximum absolute atomic E-state index is 13.2. The molecule has 1 amide bonds. The van der Waals surface area contributed by atoms with Gasteiger partial charge in [0.05, 0.1) is 23.8 Å². The molecule has 1 N–H and O–H groups in total. The first-order valence-corrected chi connectivity index (χ1v) is 10.5. The molecule has 2 aromatic heterocycles. The molecular weight excluding hydrogens is 358 g/mol. The van der Waals surface area contributed by atoms with Crippen LogP contribution < -0.4 is 10.9 Å². The Morgan fingerprint density at radius 1 is 1.44 bits per heavy atom. The van der Waals surface area contributed by atoms with E-state index < -0.39 is 0 Å². The maximum atomic E-state index is 13.2. The third-order valence-electron chi connectivity index (χ3n) is 4.81. The summed E-state index contributed by atoms with van der Waals surface area (Å²) in [6.45, 7) is 1.27. The molecule has 25 heavy (non-hydrogen) atoms. The summed E-state index contributed by atoms with van der Waals surface area (Å²) >= 11 is 2.96. The molecule has 0 spiro atoms. The third kappa shape index (κ3) is 3.22. The number of thioether (sulfide) groups is 1. The minimum atomic E-state index is -0.0725. The predicted molar refractivity (Wildman–Crippen MR) is 99.7 cm³/mol. The van der Waals surface area contributed by atoms with Gasteiger partial charge in [-0.25, -0.2) is 4.98 Å². The van der Waals surface area contributed by atoms with Crippen LogP contribution >= 0.6 is 23.1 Å². The molecule has 1 aliphatic carbocycles. The summed E-state index contributed by atoms with van der Waals surface area (Å²) in [7, 11) is 1.61. The summed E-state index contributed by atoms with van der Waals surface area (Å²) in [5.74, 6) is 0.183. The molecule has 6 nitrogen and oxygen atoms in total. The van der Waals surface area contributed by atoms with Crippen molar-refractivity contribution in [3.8, 4) is 0 Å². The molecule has 134 valence electrons. The maximum Gasteiger partial charge on any atom is 0.263 e. The quantitative estimate of drug-likeness (QED) is 0.635. The zero-order valence-electron chi connectivity index (χ0n) is 14.2. The van der Waals surface area contributed by atoms with Crippen LogP contribution in [0.4, 0.5) is 0 Å². The van der Waals surface area contributed by atoms with Crippen molar-refractivity contribution in [1.82, 2.24) is 14.9 Å². The highest BCUT2D eigenvalue weighted by atomic mass is 32.2. The van der Waals surface area contributed by atoms with Gasteiger partial charge < -0.3 is 10.1 Å². The van der Waals surface area contributed by atoms with Gasteiger partial charge in [-0.1, -0.05) is 11.8 Å². The molecule has 1 aliphatic heterocycles. The minimum Gasteiger partial charge on any atom is -0.376 e. The van der Waals surface area contributed by atoms with E-state index in [1.807, 2.05) is 0 Å². The van der Waals surface area contributed by atoms with Crippen molar-refractivity contribution in [2.45, 2.75) is 49.9 Å².